The van der Waals surface area contributed by atoms with Gasteiger partial charge in [-0.25, -0.2) is 8.42 Å². The van der Waals surface area contributed by atoms with Gasteiger partial charge in [-0.05, 0) is 37.1 Å². The summed E-state index contributed by atoms with van der Waals surface area (Å²) in [5.74, 6) is 0. The molecule has 0 aliphatic rings. The average Bonchev–Trinajstić information content (AvgIpc) is 3.02. The molecule has 0 unspecified atom stereocenters. The summed E-state index contributed by atoms with van der Waals surface area (Å²) in [5, 5.41) is 10.4. The quantitative estimate of drug-likeness (QED) is 0.710. The summed E-state index contributed by atoms with van der Waals surface area (Å²) in [6.07, 6.45) is 4.05. The molecule has 0 radical (unpaired) electrons. The summed E-state index contributed by atoms with van der Waals surface area (Å²) < 4.78 is 25.5. The molecular formula is C20H18N2O2S. The molecule has 0 saturated carbocycles. The van der Waals surface area contributed by atoms with Gasteiger partial charge >= 0.3 is 0 Å². The Hall–Kier alpha value is -2.84. The molecule has 0 aliphatic heterocycles. The van der Waals surface area contributed by atoms with E-state index in [-0.39, 0.29) is 9.80 Å². The Labute approximate surface area is 147 Å². The molecule has 4 nitrogen and oxygen atoms in total. The normalized spacial score (nSPS) is 12.3. The summed E-state index contributed by atoms with van der Waals surface area (Å²) in [6, 6.07) is 14.2. The highest BCUT2D eigenvalue weighted by molar-refractivity contribution is 7.95. The van der Waals surface area contributed by atoms with Crippen molar-refractivity contribution in [3.05, 3.63) is 70.3 Å². The van der Waals surface area contributed by atoms with Crippen LogP contribution >= 0.6 is 0 Å². The van der Waals surface area contributed by atoms with Crippen molar-refractivity contribution in [2.45, 2.75) is 25.2 Å². The molecule has 5 heteroatoms. The van der Waals surface area contributed by atoms with Gasteiger partial charge in [0, 0.05) is 22.7 Å². The van der Waals surface area contributed by atoms with Crippen molar-refractivity contribution in [2.75, 3.05) is 0 Å². The molecule has 0 bridgehead atoms. The zero-order valence-electron chi connectivity index (χ0n) is 14.1. The molecule has 3 rings (SSSR count). The number of aromatic amines is 1. The van der Waals surface area contributed by atoms with Crippen LogP contribution in [0.5, 0.6) is 0 Å². The Morgan fingerprint density at radius 2 is 1.92 bits per heavy atom. The number of nitriles is 1. The molecule has 1 heterocycles. The molecule has 3 aromatic rings. The monoisotopic (exact) mass is 350 g/mol. The van der Waals surface area contributed by atoms with Crippen LogP contribution in [0.3, 0.4) is 0 Å². The number of nitrogens with zero attached hydrogens (tertiary/aromatic N) is 1. The van der Waals surface area contributed by atoms with Gasteiger partial charge in [-0.15, -0.1) is 0 Å². The van der Waals surface area contributed by atoms with Crippen molar-refractivity contribution >= 4 is 26.8 Å². The van der Waals surface area contributed by atoms with E-state index in [2.05, 4.69) is 11.9 Å². The third kappa shape index (κ3) is 3.09. The average molecular weight is 350 g/mol. The number of hydrogen-bond donors (Lipinski definition) is 1. The van der Waals surface area contributed by atoms with E-state index in [1.807, 2.05) is 31.2 Å². The molecule has 0 amide bonds. The number of allylic oxidation sites excluding steroid dienone is 1. The van der Waals surface area contributed by atoms with Crippen LogP contribution in [0.4, 0.5) is 0 Å². The fourth-order valence-electron chi connectivity index (χ4n) is 2.81. The molecule has 0 fully saturated rings. The second-order valence-electron chi connectivity index (χ2n) is 5.87. The SMILES string of the molecule is CCc1cccc2c(/C=C(\C#N)S(=O)(=O)c3ccc(C)cc3)c[nH]c12. The summed E-state index contributed by atoms with van der Waals surface area (Å²) in [4.78, 5) is 3.05. The predicted octanol–water partition coefficient (Wildman–Crippen LogP) is 4.38. The third-order valence-corrected chi connectivity index (χ3v) is 5.91. The lowest BCUT2D eigenvalue weighted by Crippen LogP contribution is -2.03. The third-order valence-electron chi connectivity index (χ3n) is 4.23. The van der Waals surface area contributed by atoms with Gasteiger partial charge in [-0.2, -0.15) is 5.26 Å². The number of aromatic nitrogens is 1. The van der Waals surface area contributed by atoms with Crippen LogP contribution in [-0.4, -0.2) is 13.4 Å². The van der Waals surface area contributed by atoms with E-state index < -0.39 is 9.84 Å². The topological polar surface area (TPSA) is 73.7 Å². The van der Waals surface area contributed by atoms with E-state index in [0.717, 1.165) is 28.5 Å². The lowest BCUT2D eigenvalue weighted by Gasteiger charge is -2.04. The second kappa shape index (κ2) is 6.58. The molecule has 0 saturated heterocycles. The van der Waals surface area contributed by atoms with Gasteiger partial charge in [0.05, 0.1) is 4.90 Å². The van der Waals surface area contributed by atoms with Gasteiger partial charge < -0.3 is 4.98 Å². The lowest BCUT2D eigenvalue weighted by molar-refractivity contribution is 0.603. The summed E-state index contributed by atoms with van der Waals surface area (Å²) in [5.41, 5.74) is 3.78. The number of aryl methyl sites for hydroxylation is 2. The number of para-hydroxylation sites is 1. The Morgan fingerprint density at radius 3 is 2.56 bits per heavy atom. The number of H-pyrrole nitrogens is 1. The standard InChI is InChI=1S/C20H18N2O2S/c1-3-15-5-4-6-19-16(13-22-20(15)19)11-18(12-21)25(23,24)17-9-7-14(2)8-10-17/h4-11,13,22H,3H2,1-2H3/b18-11+. The molecule has 1 N–H and O–H groups in total. The molecule has 2 aromatic carbocycles. The van der Waals surface area contributed by atoms with Crippen LogP contribution < -0.4 is 0 Å². The van der Waals surface area contributed by atoms with Gasteiger partial charge in [-0.1, -0.05) is 42.8 Å². The number of nitrogens with one attached hydrogen (secondary N) is 1. The Kier molecular flexibility index (Phi) is 4.47. The fourth-order valence-corrected chi connectivity index (χ4v) is 3.96. The van der Waals surface area contributed by atoms with Gasteiger partial charge in [0.2, 0.25) is 9.84 Å². The van der Waals surface area contributed by atoms with Gasteiger partial charge in [0.25, 0.3) is 0 Å². The largest absolute Gasteiger partial charge is 0.360 e. The zero-order chi connectivity index (χ0) is 18.0. The number of hydrogen-bond acceptors (Lipinski definition) is 3. The minimum Gasteiger partial charge on any atom is -0.360 e. The zero-order valence-corrected chi connectivity index (χ0v) is 14.9. The maximum absolute atomic E-state index is 12.8. The van der Waals surface area contributed by atoms with Crippen LogP contribution in [0.2, 0.25) is 0 Å². The van der Waals surface area contributed by atoms with Crippen LogP contribution in [0.25, 0.3) is 17.0 Å². The first kappa shape index (κ1) is 17.0. The van der Waals surface area contributed by atoms with Crippen molar-refractivity contribution in [3.63, 3.8) is 0 Å². The van der Waals surface area contributed by atoms with Crippen LogP contribution in [0, 0.1) is 18.3 Å². The molecule has 0 atom stereocenters. The van der Waals surface area contributed by atoms with E-state index in [9.17, 15) is 13.7 Å². The predicted molar refractivity (Wildman–Crippen MR) is 99.6 cm³/mol. The van der Waals surface area contributed by atoms with Crippen LogP contribution in [0.1, 0.15) is 23.6 Å². The molecule has 1 aromatic heterocycles. The number of benzene rings is 2. The molecule has 0 aliphatic carbocycles. The lowest BCUT2D eigenvalue weighted by atomic mass is 10.1. The first-order valence-corrected chi connectivity index (χ1v) is 9.48. The number of rotatable bonds is 4. The maximum atomic E-state index is 12.8. The molecular weight excluding hydrogens is 332 g/mol. The summed E-state index contributed by atoms with van der Waals surface area (Å²) in [6.45, 7) is 3.95. The van der Waals surface area contributed by atoms with E-state index in [0.29, 0.717) is 5.56 Å². The highest BCUT2D eigenvalue weighted by Crippen LogP contribution is 2.27. The smallest absolute Gasteiger partial charge is 0.216 e. The van der Waals surface area contributed by atoms with Crippen molar-refractivity contribution in [2.24, 2.45) is 0 Å². The van der Waals surface area contributed by atoms with Crippen molar-refractivity contribution in [1.29, 1.82) is 5.26 Å². The molecule has 25 heavy (non-hydrogen) atoms. The Morgan fingerprint density at radius 1 is 1.20 bits per heavy atom. The van der Waals surface area contributed by atoms with Crippen molar-refractivity contribution < 1.29 is 8.42 Å². The van der Waals surface area contributed by atoms with E-state index >= 15 is 0 Å². The maximum Gasteiger partial charge on any atom is 0.216 e. The number of sulfone groups is 1. The van der Waals surface area contributed by atoms with E-state index in [1.165, 1.54) is 18.2 Å². The first-order chi connectivity index (χ1) is 12.0. The second-order valence-corrected chi connectivity index (χ2v) is 7.79. The summed E-state index contributed by atoms with van der Waals surface area (Å²) >= 11 is 0. The van der Waals surface area contributed by atoms with Gasteiger partial charge in [0.1, 0.15) is 11.0 Å². The van der Waals surface area contributed by atoms with Gasteiger partial charge in [-0.3, -0.25) is 0 Å². The fraction of sp³-hybridized carbons (Fsp3) is 0.150. The molecule has 0 spiro atoms. The Balaban J connectivity index is 2.13. The highest BCUT2D eigenvalue weighted by atomic mass is 32.2. The minimum absolute atomic E-state index is 0.125. The van der Waals surface area contributed by atoms with E-state index in [4.69, 9.17) is 0 Å². The highest BCUT2D eigenvalue weighted by Gasteiger charge is 2.21. The van der Waals surface area contributed by atoms with Crippen molar-refractivity contribution in [1.82, 2.24) is 4.98 Å². The Bertz CT molecular complexity index is 1100. The van der Waals surface area contributed by atoms with E-state index in [1.54, 1.807) is 18.3 Å². The first-order valence-electron chi connectivity index (χ1n) is 8.00. The minimum atomic E-state index is -3.84. The summed E-state index contributed by atoms with van der Waals surface area (Å²) in [7, 11) is -3.84. The number of fused-ring (bicyclic) bond motifs is 1. The van der Waals surface area contributed by atoms with Crippen molar-refractivity contribution in [3.8, 4) is 6.07 Å². The molecule has 126 valence electrons. The van der Waals surface area contributed by atoms with Gasteiger partial charge in [0.15, 0.2) is 0 Å². The van der Waals surface area contributed by atoms with Crippen LogP contribution in [0.15, 0.2) is 58.5 Å². The van der Waals surface area contributed by atoms with Crippen LogP contribution in [-0.2, 0) is 16.3 Å².